The predicted molar refractivity (Wildman–Crippen MR) is 85.6 cm³/mol. The van der Waals surface area contributed by atoms with Gasteiger partial charge in [-0.05, 0) is 25.1 Å². The van der Waals surface area contributed by atoms with Crippen LogP contribution in [-0.4, -0.2) is 38.3 Å². The molecule has 0 saturated carbocycles. The lowest BCUT2D eigenvalue weighted by Gasteiger charge is -2.22. The highest BCUT2D eigenvalue weighted by atomic mass is 16.3. The van der Waals surface area contributed by atoms with Crippen LogP contribution in [0.2, 0.25) is 0 Å². The van der Waals surface area contributed by atoms with Crippen molar-refractivity contribution in [3.63, 3.8) is 0 Å². The highest BCUT2D eigenvalue weighted by Crippen LogP contribution is 2.25. The number of rotatable bonds is 4. The summed E-state index contributed by atoms with van der Waals surface area (Å²) in [4.78, 5) is 8.91. The molecule has 0 spiro atoms. The molecule has 0 bridgehead atoms. The van der Waals surface area contributed by atoms with Gasteiger partial charge in [0.15, 0.2) is 5.82 Å². The number of imidazole rings is 1. The Hall–Kier alpha value is -2.44. The van der Waals surface area contributed by atoms with Crippen LogP contribution in [0.3, 0.4) is 0 Å². The molecule has 1 fully saturated rings. The van der Waals surface area contributed by atoms with Gasteiger partial charge in [-0.15, -0.1) is 0 Å². The molecule has 6 nitrogen and oxygen atoms in total. The fourth-order valence-electron chi connectivity index (χ4n) is 2.94. The van der Waals surface area contributed by atoms with E-state index in [1.54, 1.807) is 12.5 Å². The first-order chi connectivity index (χ1) is 11.2. The van der Waals surface area contributed by atoms with Crippen LogP contribution in [0.5, 0.6) is 0 Å². The lowest BCUT2D eigenvalue weighted by Crippen LogP contribution is -2.36. The van der Waals surface area contributed by atoms with Gasteiger partial charge in [0.2, 0.25) is 5.89 Å². The Morgan fingerprint density at radius 3 is 2.96 bits per heavy atom. The number of β-amino-alcohol motifs (C(OH)–C–C–N with tert-alkyl or cyclic N) is 1. The number of nitrogens with one attached hydrogen (secondary N) is 1. The molecule has 6 heteroatoms. The largest absolute Gasteiger partial charge is 0.444 e. The van der Waals surface area contributed by atoms with Crippen LogP contribution in [0.1, 0.15) is 6.42 Å². The second-order valence-corrected chi connectivity index (χ2v) is 5.93. The van der Waals surface area contributed by atoms with Crippen LogP contribution in [0, 0.1) is 0 Å². The molecule has 1 aromatic carbocycles. The van der Waals surface area contributed by atoms with E-state index in [9.17, 15) is 5.11 Å². The maximum Gasteiger partial charge on any atom is 0.226 e. The van der Waals surface area contributed by atoms with Crippen LogP contribution in [-0.2, 0) is 6.54 Å². The summed E-state index contributed by atoms with van der Waals surface area (Å²) in [5.74, 6) is 1.27. The lowest BCUT2D eigenvalue weighted by atomic mass is 10.0. The first-order valence-corrected chi connectivity index (χ1v) is 7.69. The Morgan fingerprint density at radius 1 is 1.30 bits per heavy atom. The van der Waals surface area contributed by atoms with Crippen molar-refractivity contribution in [3.8, 4) is 23.0 Å². The topological polar surface area (TPSA) is 76.1 Å². The quantitative estimate of drug-likeness (QED) is 0.770. The van der Waals surface area contributed by atoms with Crippen LogP contribution >= 0.6 is 0 Å². The molecule has 1 saturated heterocycles. The average Bonchev–Trinajstić information content (AvgIpc) is 3.29. The third-order valence-electron chi connectivity index (χ3n) is 4.16. The molecular formula is C17H18N4O2. The van der Waals surface area contributed by atoms with Gasteiger partial charge in [0.1, 0.15) is 12.0 Å². The van der Waals surface area contributed by atoms with Crippen LogP contribution < -0.4 is 5.32 Å². The van der Waals surface area contributed by atoms with Crippen molar-refractivity contribution in [1.29, 1.82) is 0 Å². The second-order valence-electron chi connectivity index (χ2n) is 5.93. The SMILES string of the molecule is OC1(Cn2ccnc2-c2coc(-c3ccccc3)n2)CCNC1. The zero-order valence-electron chi connectivity index (χ0n) is 12.6. The highest BCUT2D eigenvalue weighted by Gasteiger charge is 2.32. The van der Waals surface area contributed by atoms with Gasteiger partial charge in [-0.1, -0.05) is 18.2 Å². The van der Waals surface area contributed by atoms with E-state index >= 15 is 0 Å². The monoisotopic (exact) mass is 310 g/mol. The molecule has 3 aromatic rings. The van der Waals surface area contributed by atoms with E-state index in [-0.39, 0.29) is 0 Å². The molecule has 4 rings (SSSR count). The van der Waals surface area contributed by atoms with Gasteiger partial charge in [-0.25, -0.2) is 9.97 Å². The molecule has 1 unspecified atom stereocenters. The Balaban J connectivity index is 1.62. The zero-order valence-corrected chi connectivity index (χ0v) is 12.6. The standard InChI is InChI=1S/C17H18N4O2/c22-17(6-7-18-11-17)12-21-9-8-19-15(21)14-10-23-16(20-14)13-4-2-1-3-5-13/h1-5,8-10,18,22H,6-7,11-12H2. The van der Waals surface area contributed by atoms with Crippen LogP contribution in [0.25, 0.3) is 23.0 Å². The number of hydrogen-bond acceptors (Lipinski definition) is 5. The van der Waals surface area contributed by atoms with Crippen molar-refractivity contribution in [2.45, 2.75) is 18.6 Å². The zero-order chi connectivity index (χ0) is 15.7. The Bertz CT molecular complexity index is 788. The Kier molecular flexibility index (Phi) is 3.48. The molecule has 0 aliphatic carbocycles. The number of aliphatic hydroxyl groups is 1. The molecule has 0 radical (unpaired) electrons. The minimum atomic E-state index is -0.735. The number of hydrogen-bond donors (Lipinski definition) is 2. The summed E-state index contributed by atoms with van der Waals surface area (Å²) >= 11 is 0. The van der Waals surface area contributed by atoms with Crippen molar-refractivity contribution in [3.05, 3.63) is 49.0 Å². The summed E-state index contributed by atoms with van der Waals surface area (Å²) in [7, 11) is 0. The minimum Gasteiger partial charge on any atom is -0.444 e. The molecular weight excluding hydrogens is 292 g/mol. The second kappa shape index (κ2) is 5.64. The van der Waals surface area contributed by atoms with Crippen LogP contribution in [0.4, 0.5) is 0 Å². The third-order valence-corrected chi connectivity index (χ3v) is 4.16. The molecule has 1 aliphatic heterocycles. The highest BCUT2D eigenvalue weighted by molar-refractivity contribution is 5.58. The fourth-order valence-corrected chi connectivity index (χ4v) is 2.94. The van der Waals surface area contributed by atoms with Gasteiger partial charge >= 0.3 is 0 Å². The fraction of sp³-hybridized carbons (Fsp3) is 0.294. The first-order valence-electron chi connectivity index (χ1n) is 7.69. The van der Waals surface area contributed by atoms with Gasteiger partial charge in [0, 0.05) is 24.5 Å². The van der Waals surface area contributed by atoms with E-state index in [0.717, 1.165) is 18.5 Å². The summed E-state index contributed by atoms with van der Waals surface area (Å²) in [5, 5.41) is 13.8. The molecule has 2 N–H and O–H groups in total. The van der Waals surface area contributed by atoms with Crippen molar-refractivity contribution in [2.75, 3.05) is 13.1 Å². The first kappa shape index (κ1) is 14.2. The maximum atomic E-state index is 10.6. The molecule has 2 aromatic heterocycles. The third kappa shape index (κ3) is 2.78. The Labute approximate surface area is 133 Å². The molecule has 1 aliphatic rings. The Morgan fingerprint density at radius 2 is 2.17 bits per heavy atom. The van der Waals surface area contributed by atoms with Gasteiger partial charge in [-0.3, -0.25) is 0 Å². The van der Waals surface area contributed by atoms with Gasteiger partial charge in [0.25, 0.3) is 0 Å². The molecule has 1 atom stereocenters. The van der Waals surface area contributed by atoms with Crippen molar-refractivity contribution >= 4 is 0 Å². The van der Waals surface area contributed by atoms with Crippen molar-refractivity contribution in [1.82, 2.24) is 19.9 Å². The van der Waals surface area contributed by atoms with Gasteiger partial charge in [0.05, 0.1) is 12.1 Å². The van der Waals surface area contributed by atoms with E-state index < -0.39 is 5.60 Å². The normalized spacial score (nSPS) is 20.9. The lowest BCUT2D eigenvalue weighted by molar-refractivity contribution is 0.0436. The van der Waals surface area contributed by atoms with Crippen molar-refractivity contribution < 1.29 is 9.52 Å². The van der Waals surface area contributed by atoms with Gasteiger partial charge < -0.3 is 19.4 Å². The van der Waals surface area contributed by atoms with E-state index in [0.29, 0.717) is 30.5 Å². The summed E-state index contributed by atoms with van der Waals surface area (Å²) in [5.41, 5.74) is 0.862. The number of benzene rings is 1. The number of aromatic nitrogens is 3. The summed E-state index contributed by atoms with van der Waals surface area (Å²) in [6.07, 6.45) is 5.93. The van der Waals surface area contributed by atoms with Gasteiger partial charge in [-0.2, -0.15) is 0 Å². The summed E-state index contributed by atoms with van der Waals surface area (Å²) in [6.45, 7) is 1.92. The van der Waals surface area contributed by atoms with E-state index in [4.69, 9.17) is 4.42 Å². The van der Waals surface area contributed by atoms with E-state index in [1.165, 1.54) is 0 Å². The predicted octanol–water partition coefficient (Wildman–Crippen LogP) is 1.93. The number of nitrogens with zero attached hydrogens (tertiary/aromatic N) is 3. The molecule has 23 heavy (non-hydrogen) atoms. The smallest absolute Gasteiger partial charge is 0.226 e. The molecule has 118 valence electrons. The van der Waals surface area contributed by atoms with Crippen molar-refractivity contribution in [2.24, 2.45) is 0 Å². The van der Waals surface area contributed by atoms with E-state index in [1.807, 2.05) is 41.1 Å². The summed E-state index contributed by atoms with van der Waals surface area (Å²) in [6, 6.07) is 9.76. The minimum absolute atomic E-state index is 0.489. The average molecular weight is 310 g/mol. The van der Waals surface area contributed by atoms with Crippen LogP contribution in [0.15, 0.2) is 53.4 Å². The molecule has 0 amide bonds. The number of oxazole rings is 1. The molecule has 3 heterocycles. The maximum absolute atomic E-state index is 10.6. The summed E-state index contributed by atoms with van der Waals surface area (Å²) < 4.78 is 7.52. The van der Waals surface area contributed by atoms with E-state index in [2.05, 4.69) is 15.3 Å².